The molecule has 3 aliphatic heterocycles. The number of nitrogens with one attached hydrogen (secondary N) is 2. The van der Waals surface area contributed by atoms with Gasteiger partial charge in [-0.25, -0.2) is 9.29 Å². The van der Waals surface area contributed by atoms with E-state index < -0.39 is 47.0 Å². The first kappa shape index (κ1) is 21.9. The molecule has 3 N–H and O–H groups in total. The second-order valence-corrected chi connectivity index (χ2v) is 9.98. The van der Waals surface area contributed by atoms with Crippen LogP contribution in [-0.4, -0.2) is 28.9 Å². The zero-order chi connectivity index (χ0) is 24.5. The molecule has 3 aromatic carbocycles. The van der Waals surface area contributed by atoms with Crippen LogP contribution in [0.4, 0.5) is 15.8 Å². The molecule has 35 heavy (non-hydrogen) atoms. The summed E-state index contributed by atoms with van der Waals surface area (Å²) in [5, 5.41) is 15.7. The van der Waals surface area contributed by atoms with Crippen LogP contribution < -0.4 is 15.5 Å². The highest BCUT2D eigenvalue weighted by molar-refractivity contribution is 9.10. The molecule has 6 rings (SSSR count). The van der Waals surface area contributed by atoms with Crippen LogP contribution in [0.2, 0.25) is 0 Å². The normalized spacial score (nSPS) is 26.9. The summed E-state index contributed by atoms with van der Waals surface area (Å²) in [6.07, 6.45) is 0.326. The van der Waals surface area contributed by atoms with E-state index in [-0.39, 0.29) is 5.75 Å². The van der Waals surface area contributed by atoms with E-state index in [4.69, 9.17) is 0 Å². The summed E-state index contributed by atoms with van der Waals surface area (Å²) >= 11 is 3.38. The molecule has 9 heteroatoms. The number of hydrogen-bond donors (Lipinski definition) is 3. The third kappa shape index (κ3) is 3.15. The smallest absolute Gasteiger partial charge is 0.250 e. The number of aromatic hydroxyl groups is 1. The van der Waals surface area contributed by atoms with Crippen molar-refractivity contribution < 1.29 is 23.9 Å². The topological polar surface area (TPSA) is 98.7 Å². The van der Waals surface area contributed by atoms with Crippen LogP contribution in [0.15, 0.2) is 71.2 Å². The van der Waals surface area contributed by atoms with E-state index in [2.05, 4.69) is 26.6 Å². The van der Waals surface area contributed by atoms with Gasteiger partial charge in [-0.05, 0) is 60.5 Å². The van der Waals surface area contributed by atoms with E-state index >= 15 is 0 Å². The number of halogens is 2. The first-order valence-electron chi connectivity index (χ1n) is 11.1. The first-order valence-corrected chi connectivity index (χ1v) is 11.9. The lowest BCUT2D eigenvalue weighted by molar-refractivity contribution is -0.130. The van der Waals surface area contributed by atoms with Gasteiger partial charge < -0.3 is 10.4 Å². The number of hydrogen-bond acceptors (Lipinski definition) is 5. The fourth-order valence-corrected chi connectivity index (χ4v) is 6.09. The molecule has 0 saturated carbocycles. The maximum absolute atomic E-state index is 14.4. The van der Waals surface area contributed by atoms with Crippen LogP contribution >= 0.6 is 15.9 Å². The average Bonchev–Trinajstić information content (AvgIpc) is 3.40. The minimum absolute atomic E-state index is 0.106. The van der Waals surface area contributed by atoms with E-state index in [1.54, 1.807) is 48.5 Å². The van der Waals surface area contributed by atoms with Crippen LogP contribution in [0.1, 0.15) is 11.1 Å². The molecule has 4 atom stereocenters. The molecule has 3 aliphatic rings. The molecule has 0 bridgehead atoms. The number of phenols is 1. The van der Waals surface area contributed by atoms with Gasteiger partial charge in [0.1, 0.15) is 17.1 Å². The van der Waals surface area contributed by atoms with Crippen molar-refractivity contribution in [2.75, 3.05) is 10.2 Å². The molecule has 2 fully saturated rings. The lowest BCUT2D eigenvalue weighted by Gasteiger charge is -2.29. The molecule has 176 valence electrons. The van der Waals surface area contributed by atoms with Gasteiger partial charge >= 0.3 is 0 Å². The zero-order valence-corrected chi connectivity index (χ0v) is 19.8. The Labute approximate surface area is 208 Å². The van der Waals surface area contributed by atoms with Gasteiger partial charge in [-0.15, -0.1) is 0 Å². The molecule has 3 heterocycles. The molecule has 2 saturated heterocycles. The average molecular weight is 536 g/mol. The molecule has 3 aromatic rings. The Bertz CT molecular complexity index is 1410. The molecule has 0 aromatic heterocycles. The van der Waals surface area contributed by atoms with Crippen LogP contribution in [0.3, 0.4) is 0 Å². The van der Waals surface area contributed by atoms with Crippen LogP contribution in [-0.2, 0) is 26.3 Å². The number of rotatable bonds is 3. The lowest BCUT2D eigenvalue weighted by Crippen LogP contribution is -2.53. The van der Waals surface area contributed by atoms with E-state index in [9.17, 15) is 23.9 Å². The number of carbonyl (C=O) groups excluding carboxylic acids is 3. The third-order valence-electron chi connectivity index (χ3n) is 7.14. The van der Waals surface area contributed by atoms with Crippen LogP contribution in [0.25, 0.3) is 0 Å². The van der Waals surface area contributed by atoms with Gasteiger partial charge in [-0.1, -0.05) is 34.1 Å². The third-order valence-corrected chi connectivity index (χ3v) is 7.63. The number of anilines is 2. The molecule has 7 nitrogen and oxygen atoms in total. The van der Waals surface area contributed by atoms with Gasteiger partial charge in [0.2, 0.25) is 17.7 Å². The predicted molar refractivity (Wildman–Crippen MR) is 129 cm³/mol. The van der Waals surface area contributed by atoms with Crippen LogP contribution in [0, 0.1) is 17.7 Å². The second kappa shape index (κ2) is 7.73. The Morgan fingerprint density at radius 3 is 2.51 bits per heavy atom. The molecule has 1 spiro atoms. The predicted octanol–water partition coefficient (Wildman–Crippen LogP) is 3.46. The number of phenolic OH excluding ortho intramolecular Hbond substituents is 1. The number of amides is 3. The van der Waals surface area contributed by atoms with Crippen LogP contribution in [0.5, 0.6) is 5.75 Å². The first-order chi connectivity index (χ1) is 16.8. The largest absolute Gasteiger partial charge is 0.508 e. The molecule has 0 radical (unpaired) electrons. The van der Waals surface area contributed by atoms with Gasteiger partial charge in [0.25, 0.3) is 0 Å². The van der Waals surface area contributed by atoms with Crippen molar-refractivity contribution in [2.24, 2.45) is 11.8 Å². The Kier molecular flexibility index (Phi) is 4.84. The number of imide groups is 1. The summed E-state index contributed by atoms with van der Waals surface area (Å²) in [6.45, 7) is 0. The fourth-order valence-electron chi connectivity index (χ4n) is 5.70. The van der Waals surface area contributed by atoms with E-state index in [0.29, 0.717) is 27.8 Å². The molecule has 0 aliphatic carbocycles. The Morgan fingerprint density at radius 1 is 1.00 bits per heavy atom. The number of fused-ring (bicyclic) bond motifs is 4. The monoisotopic (exact) mass is 535 g/mol. The van der Waals surface area contributed by atoms with Gasteiger partial charge in [-0.2, -0.15) is 0 Å². The minimum Gasteiger partial charge on any atom is -0.508 e. The van der Waals surface area contributed by atoms with Gasteiger partial charge in [-0.3, -0.25) is 19.7 Å². The quantitative estimate of drug-likeness (QED) is 0.446. The Morgan fingerprint density at radius 2 is 1.77 bits per heavy atom. The zero-order valence-electron chi connectivity index (χ0n) is 18.2. The standard InChI is InChI=1S/C26H19BrFN3O4/c27-14-2-1-3-16(11-14)31-23(33)21-20(10-13-4-7-17(32)8-5-13)30-26(22(21)24(31)34)18-12-15(28)6-9-19(18)29-25(26)35/h1-9,11-12,20-22,30,32H,10H2,(H,29,35)/t20-,21+,22-,26+/m0/s1. The van der Waals surface area contributed by atoms with Crippen molar-refractivity contribution in [1.82, 2.24) is 5.32 Å². The van der Waals surface area contributed by atoms with Gasteiger partial charge in [0.05, 0.1) is 17.5 Å². The Balaban J connectivity index is 1.50. The van der Waals surface area contributed by atoms with Crippen molar-refractivity contribution in [3.05, 3.63) is 88.1 Å². The van der Waals surface area contributed by atoms with Crippen molar-refractivity contribution in [1.29, 1.82) is 0 Å². The maximum atomic E-state index is 14.4. The minimum atomic E-state index is -1.59. The van der Waals surface area contributed by atoms with E-state index in [1.807, 2.05) is 0 Å². The number of carbonyl (C=O) groups is 3. The molecular weight excluding hydrogens is 517 g/mol. The summed E-state index contributed by atoms with van der Waals surface area (Å²) in [5.41, 5.74) is 0.365. The maximum Gasteiger partial charge on any atom is 0.250 e. The summed E-state index contributed by atoms with van der Waals surface area (Å²) < 4.78 is 15.1. The van der Waals surface area contributed by atoms with Crippen molar-refractivity contribution >= 4 is 45.0 Å². The summed E-state index contributed by atoms with van der Waals surface area (Å²) in [7, 11) is 0. The summed E-state index contributed by atoms with van der Waals surface area (Å²) in [5.74, 6) is -3.75. The summed E-state index contributed by atoms with van der Waals surface area (Å²) in [6, 6.07) is 16.8. The molecule has 0 unspecified atom stereocenters. The SMILES string of the molecule is O=C1[C@@H]2[C@H](Cc3ccc(O)cc3)N[C@@]3(C(=O)Nc4ccc(F)cc43)[C@@H]2C(=O)N1c1cccc(Br)c1. The van der Waals surface area contributed by atoms with Gasteiger partial charge in [0.15, 0.2) is 0 Å². The molecular formula is C26H19BrFN3O4. The van der Waals surface area contributed by atoms with Gasteiger partial charge in [0, 0.05) is 21.8 Å². The second-order valence-electron chi connectivity index (χ2n) is 9.07. The lowest BCUT2D eigenvalue weighted by atomic mass is 9.76. The van der Waals surface area contributed by atoms with E-state index in [1.165, 1.54) is 18.2 Å². The van der Waals surface area contributed by atoms with Crippen molar-refractivity contribution in [3.8, 4) is 5.75 Å². The molecule has 3 amide bonds. The number of nitrogens with zero attached hydrogens (tertiary/aromatic N) is 1. The summed E-state index contributed by atoms with van der Waals surface area (Å²) in [4.78, 5) is 42.3. The highest BCUT2D eigenvalue weighted by Gasteiger charge is 2.70. The number of benzene rings is 3. The van der Waals surface area contributed by atoms with E-state index in [0.717, 1.165) is 10.5 Å². The highest BCUT2D eigenvalue weighted by Crippen LogP contribution is 2.54. The Hall–Kier alpha value is -3.56. The highest BCUT2D eigenvalue weighted by atomic mass is 79.9. The fraction of sp³-hybridized carbons (Fsp3) is 0.192. The van der Waals surface area contributed by atoms with Crippen molar-refractivity contribution in [3.63, 3.8) is 0 Å². The van der Waals surface area contributed by atoms with Crippen molar-refractivity contribution in [2.45, 2.75) is 18.0 Å².